The molecule has 0 aromatic heterocycles. The minimum absolute atomic E-state index is 0.339. The number of aliphatic hydroxyl groups excluding tert-OH is 1. The highest BCUT2D eigenvalue weighted by Gasteiger charge is 2.44. The molecule has 1 rings (SSSR count). The molecule has 0 spiro atoms. The largest absolute Gasteiger partial charge is 0.393 e. The SMILES string of the molecule is CCCCCC1(CO)NC(=O)NC1=O. The van der Waals surface area contributed by atoms with E-state index in [4.69, 9.17) is 5.11 Å². The summed E-state index contributed by atoms with van der Waals surface area (Å²) in [6, 6.07) is -0.513. The van der Waals surface area contributed by atoms with Crippen molar-refractivity contribution < 1.29 is 14.7 Å². The number of imide groups is 1. The molecule has 5 nitrogen and oxygen atoms in total. The van der Waals surface area contributed by atoms with Crippen molar-refractivity contribution in [2.75, 3.05) is 6.61 Å². The number of unbranched alkanes of at least 4 members (excludes halogenated alkanes) is 2. The van der Waals surface area contributed by atoms with Gasteiger partial charge in [0.15, 0.2) is 0 Å². The monoisotopic (exact) mass is 200 g/mol. The standard InChI is InChI=1S/C9H16N2O3/c1-2-3-4-5-9(6-12)7(13)10-8(14)11-9/h12H,2-6H2,1H3,(H2,10,11,13,14). The van der Waals surface area contributed by atoms with Gasteiger partial charge in [-0.15, -0.1) is 0 Å². The van der Waals surface area contributed by atoms with E-state index >= 15 is 0 Å². The summed E-state index contributed by atoms with van der Waals surface area (Å²) < 4.78 is 0. The average Bonchev–Trinajstić information content (AvgIpc) is 2.43. The van der Waals surface area contributed by atoms with Crippen molar-refractivity contribution in [2.24, 2.45) is 0 Å². The molecule has 80 valence electrons. The molecule has 0 aromatic carbocycles. The van der Waals surface area contributed by atoms with E-state index in [0.717, 1.165) is 19.3 Å². The number of amides is 3. The van der Waals surface area contributed by atoms with Gasteiger partial charge in [-0.2, -0.15) is 0 Å². The van der Waals surface area contributed by atoms with E-state index in [-0.39, 0.29) is 6.61 Å². The number of hydrogen-bond donors (Lipinski definition) is 3. The zero-order chi connectivity index (χ0) is 10.6. The maximum absolute atomic E-state index is 11.4. The number of urea groups is 1. The molecule has 0 aliphatic carbocycles. The number of nitrogens with one attached hydrogen (secondary N) is 2. The minimum Gasteiger partial charge on any atom is -0.393 e. The number of carbonyl (C=O) groups is 2. The Kier molecular flexibility index (Phi) is 3.46. The summed E-state index contributed by atoms with van der Waals surface area (Å²) in [6.45, 7) is 1.72. The van der Waals surface area contributed by atoms with Crippen LogP contribution >= 0.6 is 0 Å². The van der Waals surface area contributed by atoms with E-state index in [1.807, 2.05) is 0 Å². The molecule has 1 aliphatic heterocycles. The lowest BCUT2D eigenvalue weighted by Crippen LogP contribution is -2.50. The predicted octanol–water partition coefficient (Wildman–Crippen LogP) is 0.137. The van der Waals surface area contributed by atoms with Crippen LogP contribution in [0.25, 0.3) is 0 Å². The first-order valence-corrected chi connectivity index (χ1v) is 4.89. The molecule has 3 amide bonds. The van der Waals surface area contributed by atoms with Crippen molar-refractivity contribution >= 4 is 11.9 Å². The quantitative estimate of drug-likeness (QED) is 0.436. The molecule has 0 radical (unpaired) electrons. The molecule has 1 saturated heterocycles. The van der Waals surface area contributed by atoms with Crippen LogP contribution in [0.5, 0.6) is 0 Å². The smallest absolute Gasteiger partial charge is 0.322 e. The average molecular weight is 200 g/mol. The van der Waals surface area contributed by atoms with E-state index in [2.05, 4.69) is 17.6 Å². The Balaban J connectivity index is 2.57. The van der Waals surface area contributed by atoms with E-state index < -0.39 is 17.5 Å². The van der Waals surface area contributed by atoms with Crippen LogP contribution in [0.3, 0.4) is 0 Å². The Bertz CT molecular complexity index is 242. The fourth-order valence-electron chi connectivity index (χ4n) is 1.57. The van der Waals surface area contributed by atoms with Crippen LogP contribution in [-0.4, -0.2) is 29.2 Å². The summed E-state index contributed by atoms with van der Waals surface area (Å²) >= 11 is 0. The lowest BCUT2D eigenvalue weighted by atomic mass is 9.93. The second-order valence-electron chi connectivity index (χ2n) is 3.61. The third kappa shape index (κ3) is 2.04. The van der Waals surface area contributed by atoms with Gasteiger partial charge in [-0.05, 0) is 6.42 Å². The zero-order valence-electron chi connectivity index (χ0n) is 8.30. The van der Waals surface area contributed by atoms with Gasteiger partial charge in [0.05, 0.1) is 6.61 Å². The maximum Gasteiger partial charge on any atom is 0.322 e. The Labute approximate surface area is 82.9 Å². The molecule has 1 aliphatic rings. The molecule has 0 saturated carbocycles. The van der Waals surface area contributed by atoms with E-state index in [1.165, 1.54) is 0 Å². The second kappa shape index (κ2) is 4.41. The van der Waals surface area contributed by atoms with Crippen molar-refractivity contribution in [3.05, 3.63) is 0 Å². The van der Waals surface area contributed by atoms with Crippen molar-refractivity contribution in [2.45, 2.75) is 38.1 Å². The lowest BCUT2D eigenvalue weighted by molar-refractivity contribution is -0.125. The summed E-state index contributed by atoms with van der Waals surface area (Å²) in [5.74, 6) is -0.416. The first-order valence-electron chi connectivity index (χ1n) is 4.89. The van der Waals surface area contributed by atoms with Crippen LogP contribution in [0.15, 0.2) is 0 Å². The van der Waals surface area contributed by atoms with Gasteiger partial charge in [0.1, 0.15) is 5.54 Å². The second-order valence-corrected chi connectivity index (χ2v) is 3.61. The van der Waals surface area contributed by atoms with Crippen molar-refractivity contribution in [1.82, 2.24) is 10.6 Å². The Morgan fingerprint density at radius 1 is 1.36 bits per heavy atom. The molecule has 1 unspecified atom stereocenters. The Morgan fingerprint density at radius 3 is 2.50 bits per heavy atom. The minimum atomic E-state index is -1.08. The summed E-state index contributed by atoms with van der Waals surface area (Å²) in [5.41, 5.74) is -1.08. The first-order chi connectivity index (χ1) is 6.64. The highest BCUT2D eigenvalue weighted by Crippen LogP contribution is 2.18. The van der Waals surface area contributed by atoms with Gasteiger partial charge in [0.25, 0.3) is 5.91 Å². The summed E-state index contributed by atoms with van der Waals surface area (Å²) in [4.78, 5) is 22.3. The predicted molar refractivity (Wildman–Crippen MR) is 50.6 cm³/mol. The topological polar surface area (TPSA) is 78.4 Å². The molecule has 1 fully saturated rings. The van der Waals surface area contributed by atoms with Crippen molar-refractivity contribution in [1.29, 1.82) is 0 Å². The van der Waals surface area contributed by atoms with E-state index in [9.17, 15) is 9.59 Å². The highest BCUT2D eigenvalue weighted by atomic mass is 16.3. The van der Waals surface area contributed by atoms with Gasteiger partial charge >= 0.3 is 6.03 Å². The maximum atomic E-state index is 11.4. The molecule has 1 heterocycles. The fourth-order valence-corrected chi connectivity index (χ4v) is 1.57. The number of carbonyl (C=O) groups excluding carboxylic acids is 2. The zero-order valence-corrected chi connectivity index (χ0v) is 8.30. The molecule has 1 atom stereocenters. The molecule has 0 bridgehead atoms. The summed E-state index contributed by atoms with van der Waals surface area (Å²) in [6.07, 6.45) is 3.35. The Morgan fingerprint density at radius 2 is 2.07 bits per heavy atom. The highest BCUT2D eigenvalue weighted by molar-refractivity contribution is 6.07. The van der Waals surface area contributed by atoms with Crippen LogP contribution in [-0.2, 0) is 4.79 Å². The summed E-state index contributed by atoms with van der Waals surface area (Å²) in [7, 11) is 0. The molecule has 3 N–H and O–H groups in total. The third-order valence-electron chi connectivity index (χ3n) is 2.49. The van der Waals surface area contributed by atoms with Gasteiger partial charge < -0.3 is 10.4 Å². The van der Waals surface area contributed by atoms with Crippen molar-refractivity contribution in [3.63, 3.8) is 0 Å². The molecule has 14 heavy (non-hydrogen) atoms. The number of hydrogen-bond acceptors (Lipinski definition) is 3. The molecule has 0 aromatic rings. The normalized spacial score (nSPS) is 26.1. The van der Waals surface area contributed by atoms with Gasteiger partial charge in [-0.1, -0.05) is 26.2 Å². The first kappa shape index (κ1) is 11.0. The summed E-state index contributed by atoms with van der Waals surface area (Å²) in [5, 5.41) is 13.7. The third-order valence-corrected chi connectivity index (χ3v) is 2.49. The Hall–Kier alpha value is -1.10. The number of aliphatic hydroxyl groups is 1. The lowest BCUT2D eigenvalue weighted by Gasteiger charge is -2.22. The van der Waals surface area contributed by atoms with Crippen molar-refractivity contribution in [3.8, 4) is 0 Å². The van der Waals surface area contributed by atoms with Crippen LogP contribution in [0.1, 0.15) is 32.6 Å². The fraction of sp³-hybridized carbons (Fsp3) is 0.778. The van der Waals surface area contributed by atoms with E-state index in [0.29, 0.717) is 6.42 Å². The van der Waals surface area contributed by atoms with Crippen LogP contribution in [0.4, 0.5) is 4.79 Å². The van der Waals surface area contributed by atoms with Gasteiger partial charge in [-0.3, -0.25) is 10.1 Å². The number of rotatable bonds is 5. The van der Waals surface area contributed by atoms with Gasteiger partial charge in [-0.25, -0.2) is 4.79 Å². The van der Waals surface area contributed by atoms with Gasteiger partial charge in [0, 0.05) is 0 Å². The van der Waals surface area contributed by atoms with Crippen LogP contribution in [0.2, 0.25) is 0 Å². The molecular formula is C9H16N2O3. The molecule has 5 heteroatoms. The molecular weight excluding hydrogens is 184 g/mol. The van der Waals surface area contributed by atoms with Gasteiger partial charge in [0.2, 0.25) is 0 Å². The van der Waals surface area contributed by atoms with Crippen LogP contribution in [0, 0.1) is 0 Å². The van der Waals surface area contributed by atoms with Crippen LogP contribution < -0.4 is 10.6 Å². The van der Waals surface area contributed by atoms with E-state index in [1.54, 1.807) is 0 Å².